The minimum absolute atomic E-state index is 0.182. The first-order chi connectivity index (χ1) is 9.07. The molecule has 1 atom stereocenters. The summed E-state index contributed by atoms with van der Waals surface area (Å²) in [7, 11) is -3.21. The average molecular weight is 286 g/mol. The van der Waals surface area contributed by atoms with Crippen molar-refractivity contribution in [2.75, 3.05) is 12.3 Å². The van der Waals surface area contributed by atoms with Crippen LogP contribution in [0.15, 0.2) is 12.4 Å². The van der Waals surface area contributed by atoms with Crippen molar-refractivity contribution in [2.24, 2.45) is 0 Å². The molecule has 1 aromatic rings. The fourth-order valence-electron chi connectivity index (χ4n) is 1.90. The predicted molar refractivity (Wildman–Crippen MR) is 74.2 cm³/mol. The summed E-state index contributed by atoms with van der Waals surface area (Å²) in [6.45, 7) is 2.73. The smallest absolute Gasteiger partial charge is 0.212 e. The molecule has 0 aliphatic heterocycles. The molecule has 6 nitrogen and oxygen atoms in total. The van der Waals surface area contributed by atoms with E-state index in [0.717, 1.165) is 18.5 Å². The SMILES string of the molecule is CC(NS(=O)(=O)CCCCNC1CC1)c1cn[nH]c1. The Morgan fingerprint density at radius 2 is 2.26 bits per heavy atom. The highest BCUT2D eigenvalue weighted by Gasteiger charge is 2.20. The standard InChI is InChI=1S/C12H22N4O2S/c1-10(11-8-14-15-9-11)16-19(17,18)7-3-2-6-13-12-4-5-12/h8-10,12-13,16H,2-7H2,1H3,(H,14,15). The van der Waals surface area contributed by atoms with Gasteiger partial charge in [0, 0.05) is 23.8 Å². The monoisotopic (exact) mass is 286 g/mol. The van der Waals surface area contributed by atoms with Crippen LogP contribution in [0.5, 0.6) is 0 Å². The normalized spacial score (nSPS) is 17.5. The van der Waals surface area contributed by atoms with Crippen LogP contribution >= 0.6 is 0 Å². The van der Waals surface area contributed by atoms with E-state index in [1.54, 1.807) is 12.4 Å². The second-order valence-corrected chi connectivity index (χ2v) is 7.00. The van der Waals surface area contributed by atoms with E-state index < -0.39 is 10.0 Å². The van der Waals surface area contributed by atoms with Gasteiger partial charge in [-0.05, 0) is 39.2 Å². The van der Waals surface area contributed by atoms with Gasteiger partial charge in [0.2, 0.25) is 10.0 Å². The molecular weight excluding hydrogens is 264 g/mol. The Bertz CT molecular complexity index is 468. The van der Waals surface area contributed by atoms with E-state index in [0.29, 0.717) is 12.5 Å². The van der Waals surface area contributed by atoms with Crippen molar-refractivity contribution >= 4 is 10.0 Å². The summed E-state index contributed by atoms with van der Waals surface area (Å²) in [5.41, 5.74) is 0.846. The maximum absolute atomic E-state index is 11.9. The molecule has 3 N–H and O–H groups in total. The highest BCUT2D eigenvalue weighted by molar-refractivity contribution is 7.89. The Labute approximate surface area is 114 Å². The Morgan fingerprint density at radius 1 is 1.47 bits per heavy atom. The summed E-state index contributed by atoms with van der Waals surface area (Å²) in [4.78, 5) is 0. The van der Waals surface area contributed by atoms with Gasteiger partial charge in [-0.2, -0.15) is 5.10 Å². The second kappa shape index (κ2) is 6.49. The maximum atomic E-state index is 11.9. The molecular formula is C12H22N4O2S. The lowest BCUT2D eigenvalue weighted by atomic mass is 10.2. The van der Waals surface area contributed by atoms with Gasteiger partial charge < -0.3 is 5.32 Å². The highest BCUT2D eigenvalue weighted by Crippen LogP contribution is 2.18. The number of sulfonamides is 1. The third-order valence-corrected chi connectivity index (χ3v) is 4.76. The van der Waals surface area contributed by atoms with E-state index in [1.165, 1.54) is 12.8 Å². The lowest BCUT2D eigenvalue weighted by molar-refractivity contribution is 0.560. The molecule has 1 fully saturated rings. The van der Waals surface area contributed by atoms with Crippen molar-refractivity contribution in [3.05, 3.63) is 18.0 Å². The van der Waals surface area contributed by atoms with Crippen LogP contribution in [-0.4, -0.2) is 37.0 Å². The summed E-state index contributed by atoms with van der Waals surface area (Å²) in [6, 6.07) is 0.448. The minimum Gasteiger partial charge on any atom is -0.314 e. The van der Waals surface area contributed by atoms with Crippen LogP contribution in [0.2, 0.25) is 0 Å². The topological polar surface area (TPSA) is 86.9 Å². The van der Waals surface area contributed by atoms with Crippen LogP contribution in [-0.2, 0) is 10.0 Å². The van der Waals surface area contributed by atoms with Gasteiger partial charge >= 0.3 is 0 Å². The van der Waals surface area contributed by atoms with E-state index in [9.17, 15) is 8.42 Å². The molecule has 1 saturated carbocycles. The van der Waals surface area contributed by atoms with Crippen LogP contribution in [0.4, 0.5) is 0 Å². The summed E-state index contributed by atoms with van der Waals surface area (Å²) in [5, 5.41) is 9.87. The van der Waals surface area contributed by atoms with Gasteiger partial charge in [-0.3, -0.25) is 5.10 Å². The fourth-order valence-corrected chi connectivity index (χ4v) is 3.28. The largest absolute Gasteiger partial charge is 0.314 e. The van der Waals surface area contributed by atoms with Crippen LogP contribution < -0.4 is 10.0 Å². The van der Waals surface area contributed by atoms with Crippen molar-refractivity contribution in [1.29, 1.82) is 0 Å². The first kappa shape index (κ1) is 14.5. The van der Waals surface area contributed by atoms with E-state index in [2.05, 4.69) is 20.2 Å². The number of hydrogen-bond acceptors (Lipinski definition) is 4. The number of aromatic nitrogens is 2. The summed E-state index contributed by atoms with van der Waals surface area (Å²) >= 11 is 0. The van der Waals surface area contributed by atoms with Gasteiger partial charge in [0.25, 0.3) is 0 Å². The van der Waals surface area contributed by atoms with Crippen LogP contribution in [0.1, 0.15) is 44.2 Å². The fraction of sp³-hybridized carbons (Fsp3) is 0.750. The number of hydrogen-bond donors (Lipinski definition) is 3. The molecule has 19 heavy (non-hydrogen) atoms. The van der Waals surface area contributed by atoms with Gasteiger partial charge in [0.15, 0.2) is 0 Å². The summed E-state index contributed by atoms with van der Waals surface area (Å²) < 4.78 is 26.4. The molecule has 1 unspecified atom stereocenters. The lowest BCUT2D eigenvalue weighted by Crippen LogP contribution is -2.29. The van der Waals surface area contributed by atoms with Gasteiger partial charge in [-0.15, -0.1) is 0 Å². The molecule has 0 bridgehead atoms. The molecule has 7 heteroatoms. The van der Waals surface area contributed by atoms with E-state index >= 15 is 0 Å². The average Bonchev–Trinajstić information content (AvgIpc) is 3.00. The number of nitrogens with zero attached hydrogens (tertiary/aromatic N) is 1. The van der Waals surface area contributed by atoms with Crippen molar-refractivity contribution in [3.8, 4) is 0 Å². The predicted octanol–water partition coefficient (Wildman–Crippen LogP) is 0.922. The zero-order valence-corrected chi connectivity index (χ0v) is 12.0. The van der Waals surface area contributed by atoms with Crippen molar-refractivity contribution < 1.29 is 8.42 Å². The van der Waals surface area contributed by atoms with E-state index in [4.69, 9.17) is 0 Å². The number of unbranched alkanes of at least 4 members (excludes halogenated alkanes) is 1. The molecule has 0 amide bonds. The summed E-state index contributed by atoms with van der Waals surface area (Å²) in [6.07, 6.45) is 7.45. The van der Waals surface area contributed by atoms with Crippen molar-refractivity contribution in [3.63, 3.8) is 0 Å². The molecule has 1 heterocycles. The first-order valence-corrected chi connectivity index (χ1v) is 8.44. The lowest BCUT2D eigenvalue weighted by Gasteiger charge is -2.12. The molecule has 1 aliphatic rings. The number of aromatic amines is 1. The maximum Gasteiger partial charge on any atom is 0.212 e. The molecule has 1 aromatic heterocycles. The molecule has 0 saturated heterocycles. The summed E-state index contributed by atoms with van der Waals surface area (Å²) in [5.74, 6) is 0.182. The Kier molecular flexibility index (Phi) is 4.95. The Hall–Kier alpha value is -0.920. The molecule has 0 radical (unpaired) electrons. The molecule has 2 rings (SSSR count). The Balaban J connectivity index is 1.65. The van der Waals surface area contributed by atoms with E-state index in [-0.39, 0.29) is 11.8 Å². The van der Waals surface area contributed by atoms with E-state index in [1.807, 2.05) is 6.92 Å². The van der Waals surface area contributed by atoms with Crippen molar-refractivity contribution in [2.45, 2.75) is 44.7 Å². The number of H-pyrrole nitrogens is 1. The molecule has 1 aliphatic carbocycles. The quantitative estimate of drug-likeness (QED) is 0.589. The molecule has 0 aromatic carbocycles. The zero-order valence-electron chi connectivity index (χ0n) is 11.2. The van der Waals surface area contributed by atoms with Crippen LogP contribution in [0, 0.1) is 0 Å². The van der Waals surface area contributed by atoms with Gasteiger partial charge in [-0.1, -0.05) is 0 Å². The molecule has 0 spiro atoms. The minimum atomic E-state index is -3.21. The Morgan fingerprint density at radius 3 is 2.89 bits per heavy atom. The third kappa shape index (κ3) is 5.30. The van der Waals surface area contributed by atoms with Crippen LogP contribution in [0.3, 0.4) is 0 Å². The second-order valence-electron chi connectivity index (χ2n) is 5.13. The third-order valence-electron chi connectivity index (χ3n) is 3.23. The van der Waals surface area contributed by atoms with Gasteiger partial charge in [0.05, 0.1) is 11.9 Å². The highest BCUT2D eigenvalue weighted by atomic mass is 32.2. The zero-order chi connectivity index (χ0) is 13.7. The number of nitrogens with one attached hydrogen (secondary N) is 3. The molecule has 108 valence electrons. The van der Waals surface area contributed by atoms with Crippen molar-refractivity contribution in [1.82, 2.24) is 20.2 Å². The van der Waals surface area contributed by atoms with Crippen LogP contribution in [0.25, 0.3) is 0 Å². The first-order valence-electron chi connectivity index (χ1n) is 6.79. The number of rotatable bonds is 9. The van der Waals surface area contributed by atoms with Gasteiger partial charge in [0.1, 0.15) is 0 Å². The van der Waals surface area contributed by atoms with Gasteiger partial charge in [-0.25, -0.2) is 13.1 Å².